The lowest BCUT2D eigenvalue weighted by atomic mass is 9.95. The molecule has 1 aliphatic heterocycles. The molecule has 0 spiro atoms. The molecule has 0 bridgehead atoms. The van der Waals surface area contributed by atoms with Crippen molar-refractivity contribution in [2.75, 3.05) is 26.2 Å². The van der Waals surface area contributed by atoms with Gasteiger partial charge in [-0.1, -0.05) is 87.4 Å². The first-order valence-electron chi connectivity index (χ1n) is 12.2. The maximum absolute atomic E-state index is 13.1. The van der Waals surface area contributed by atoms with Crippen LogP contribution in [-0.2, 0) is 9.59 Å². The normalized spacial score (nSPS) is 17.8. The molecule has 0 saturated carbocycles. The lowest BCUT2D eigenvalue weighted by molar-refractivity contribution is -0.140. The van der Waals surface area contributed by atoms with E-state index in [-0.39, 0.29) is 11.3 Å². The summed E-state index contributed by atoms with van der Waals surface area (Å²) in [6.45, 7) is 7.89. The third-order valence-electron chi connectivity index (χ3n) is 6.23. The summed E-state index contributed by atoms with van der Waals surface area (Å²) >= 11 is 0. The van der Waals surface area contributed by atoms with Crippen molar-refractivity contribution < 1.29 is 14.7 Å². The summed E-state index contributed by atoms with van der Waals surface area (Å²) in [4.78, 5) is 30.3. The predicted octanol–water partition coefficient (Wildman–Crippen LogP) is 5.40. The van der Waals surface area contributed by atoms with Gasteiger partial charge in [-0.2, -0.15) is 0 Å². The van der Waals surface area contributed by atoms with Crippen LogP contribution in [0.1, 0.15) is 63.1 Å². The maximum atomic E-state index is 13.1. The van der Waals surface area contributed by atoms with Gasteiger partial charge in [-0.15, -0.1) is 0 Å². The van der Waals surface area contributed by atoms with Crippen LogP contribution in [0, 0.1) is 0 Å². The zero-order valence-corrected chi connectivity index (χ0v) is 19.9. The van der Waals surface area contributed by atoms with Crippen molar-refractivity contribution in [3.63, 3.8) is 0 Å². The van der Waals surface area contributed by atoms with Crippen LogP contribution in [-0.4, -0.2) is 52.8 Å². The van der Waals surface area contributed by atoms with E-state index in [2.05, 4.69) is 18.7 Å². The van der Waals surface area contributed by atoms with Gasteiger partial charge in [-0.3, -0.25) is 9.59 Å². The molecule has 0 unspecified atom stereocenters. The Morgan fingerprint density at radius 2 is 1.39 bits per heavy atom. The number of carbonyl (C=O) groups excluding carboxylic acids is 2. The van der Waals surface area contributed by atoms with E-state index in [4.69, 9.17) is 0 Å². The van der Waals surface area contributed by atoms with E-state index in [1.807, 2.05) is 48.5 Å². The number of unbranched alkanes of at least 4 members (excludes halogenated alkanes) is 2. The smallest absolute Gasteiger partial charge is 0.295 e. The van der Waals surface area contributed by atoms with Gasteiger partial charge in [0.25, 0.3) is 11.7 Å². The highest BCUT2D eigenvalue weighted by Gasteiger charge is 2.45. The first kappa shape index (κ1) is 24.7. The number of rotatable bonds is 12. The standard InChI is InChI=1S/C28H36N2O3/c1-3-5-18-29(19-6-4-2)20-13-21-30-25(22-14-9-7-10-15-22)24(27(32)28(30)33)26(31)23-16-11-8-12-17-23/h7-12,14-17,25,31H,3-6,13,18-21H2,1-2H3/t25-/m1/s1. The lowest BCUT2D eigenvalue weighted by Crippen LogP contribution is -2.34. The van der Waals surface area contributed by atoms with Gasteiger partial charge in [0.05, 0.1) is 11.6 Å². The molecule has 2 aromatic carbocycles. The highest BCUT2D eigenvalue weighted by molar-refractivity contribution is 6.46. The topological polar surface area (TPSA) is 60.9 Å². The van der Waals surface area contributed by atoms with Crippen molar-refractivity contribution in [1.29, 1.82) is 0 Å². The van der Waals surface area contributed by atoms with E-state index in [0.717, 1.165) is 57.3 Å². The maximum Gasteiger partial charge on any atom is 0.295 e. The Balaban J connectivity index is 1.85. The van der Waals surface area contributed by atoms with Crippen LogP contribution in [0.2, 0.25) is 0 Å². The number of carbonyl (C=O) groups is 2. The summed E-state index contributed by atoms with van der Waals surface area (Å²) in [5.41, 5.74) is 1.55. The van der Waals surface area contributed by atoms with Crippen molar-refractivity contribution in [2.45, 2.75) is 52.0 Å². The van der Waals surface area contributed by atoms with Crippen molar-refractivity contribution >= 4 is 17.4 Å². The number of ketones is 1. The van der Waals surface area contributed by atoms with E-state index >= 15 is 0 Å². The molecule has 1 aliphatic rings. The molecular weight excluding hydrogens is 412 g/mol. The first-order chi connectivity index (χ1) is 16.1. The Bertz CT molecular complexity index is 932. The van der Waals surface area contributed by atoms with E-state index in [9.17, 15) is 14.7 Å². The highest BCUT2D eigenvalue weighted by atomic mass is 16.3. The number of hydrogen-bond donors (Lipinski definition) is 1. The Morgan fingerprint density at radius 1 is 0.848 bits per heavy atom. The number of Topliss-reactive ketones (excluding diaryl/α,β-unsaturated/α-hetero) is 1. The second-order valence-electron chi connectivity index (χ2n) is 8.67. The third-order valence-corrected chi connectivity index (χ3v) is 6.23. The number of aliphatic hydroxyl groups excluding tert-OH is 1. The van der Waals surface area contributed by atoms with Crippen LogP contribution < -0.4 is 0 Å². The molecule has 33 heavy (non-hydrogen) atoms. The summed E-state index contributed by atoms with van der Waals surface area (Å²) < 4.78 is 0. The quantitative estimate of drug-likeness (QED) is 0.268. The first-order valence-corrected chi connectivity index (χ1v) is 12.2. The van der Waals surface area contributed by atoms with Crippen LogP contribution in [0.4, 0.5) is 0 Å². The SMILES string of the molecule is CCCCN(CCCC)CCCN1C(=O)C(=O)C(=C(O)c2ccccc2)[C@H]1c1ccccc1. The second kappa shape index (κ2) is 12.4. The van der Waals surface area contributed by atoms with Gasteiger partial charge in [0.1, 0.15) is 5.76 Å². The van der Waals surface area contributed by atoms with Gasteiger partial charge in [0.15, 0.2) is 0 Å². The summed E-state index contributed by atoms with van der Waals surface area (Å²) in [7, 11) is 0. The number of nitrogens with zero attached hydrogens (tertiary/aromatic N) is 2. The van der Waals surface area contributed by atoms with Crippen molar-refractivity contribution in [3.05, 3.63) is 77.4 Å². The third kappa shape index (κ3) is 6.11. The second-order valence-corrected chi connectivity index (χ2v) is 8.67. The van der Waals surface area contributed by atoms with Crippen LogP contribution in [0.3, 0.4) is 0 Å². The zero-order valence-electron chi connectivity index (χ0n) is 19.9. The van der Waals surface area contributed by atoms with Gasteiger partial charge < -0.3 is 14.9 Å². The van der Waals surface area contributed by atoms with Gasteiger partial charge >= 0.3 is 0 Å². The minimum Gasteiger partial charge on any atom is -0.507 e. The Hall–Kier alpha value is -2.92. The average Bonchev–Trinajstić information content (AvgIpc) is 3.11. The monoisotopic (exact) mass is 448 g/mol. The molecule has 1 atom stereocenters. The highest BCUT2D eigenvalue weighted by Crippen LogP contribution is 2.39. The lowest BCUT2D eigenvalue weighted by Gasteiger charge is -2.27. The van der Waals surface area contributed by atoms with E-state index in [1.165, 1.54) is 0 Å². The summed E-state index contributed by atoms with van der Waals surface area (Å²) in [6.07, 6.45) is 5.43. The largest absolute Gasteiger partial charge is 0.507 e. The number of amides is 1. The number of likely N-dealkylation sites (tertiary alicyclic amines) is 1. The molecule has 0 aromatic heterocycles. The minimum atomic E-state index is -0.612. The molecule has 1 saturated heterocycles. The number of hydrogen-bond acceptors (Lipinski definition) is 4. The van der Waals surface area contributed by atoms with Gasteiger partial charge in [-0.25, -0.2) is 0 Å². The average molecular weight is 449 g/mol. The zero-order chi connectivity index (χ0) is 23.6. The Labute approximate surface area is 197 Å². The Kier molecular flexibility index (Phi) is 9.25. The molecule has 5 nitrogen and oxygen atoms in total. The fourth-order valence-electron chi connectivity index (χ4n) is 4.41. The van der Waals surface area contributed by atoms with E-state index in [1.54, 1.807) is 17.0 Å². The summed E-state index contributed by atoms with van der Waals surface area (Å²) in [5.74, 6) is -1.26. The minimum absolute atomic E-state index is 0.113. The number of aliphatic hydroxyl groups is 1. The molecule has 1 fully saturated rings. The molecule has 176 valence electrons. The molecule has 0 aliphatic carbocycles. The molecule has 0 radical (unpaired) electrons. The number of benzene rings is 2. The fraction of sp³-hybridized carbons (Fsp3) is 0.429. The molecule has 1 N–H and O–H groups in total. The summed E-state index contributed by atoms with van der Waals surface area (Å²) in [6, 6.07) is 17.9. The molecule has 1 amide bonds. The van der Waals surface area contributed by atoms with Crippen molar-refractivity contribution in [3.8, 4) is 0 Å². The van der Waals surface area contributed by atoms with Gasteiger partial charge in [-0.05, 0) is 44.5 Å². The van der Waals surface area contributed by atoms with E-state index in [0.29, 0.717) is 12.1 Å². The molecule has 5 heteroatoms. The van der Waals surface area contributed by atoms with Crippen LogP contribution in [0.15, 0.2) is 66.2 Å². The molecule has 2 aromatic rings. The predicted molar refractivity (Wildman–Crippen MR) is 133 cm³/mol. The Morgan fingerprint density at radius 3 is 1.97 bits per heavy atom. The van der Waals surface area contributed by atoms with Crippen LogP contribution in [0.5, 0.6) is 0 Å². The van der Waals surface area contributed by atoms with E-state index < -0.39 is 17.7 Å². The molecular formula is C28H36N2O3. The van der Waals surface area contributed by atoms with Crippen molar-refractivity contribution in [2.24, 2.45) is 0 Å². The molecule has 3 rings (SSSR count). The van der Waals surface area contributed by atoms with Gasteiger partial charge in [0.2, 0.25) is 0 Å². The fourth-order valence-corrected chi connectivity index (χ4v) is 4.41. The van der Waals surface area contributed by atoms with Gasteiger partial charge in [0, 0.05) is 12.1 Å². The molecule has 1 heterocycles. The van der Waals surface area contributed by atoms with Crippen LogP contribution in [0.25, 0.3) is 5.76 Å². The van der Waals surface area contributed by atoms with Crippen LogP contribution >= 0.6 is 0 Å². The summed E-state index contributed by atoms with van der Waals surface area (Å²) in [5, 5.41) is 11.0. The van der Waals surface area contributed by atoms with Crippen molar-refractivity contribution in [1.82, 2.24) is 9.80 Å².